The second-order valence-corrected chi connectivity index (χ2v) is 4.21. The average molecular weight is 233 g/mol. The lowest BCUT2D eigenvalue weighted by Gasteiger charge is -2.08. The Morgan fingerprint density at radius 1 is 0.941 bits per heavy atom. The van der Waals surface area contributed by atoms with Crippen LogP contribution in [0.1, 0.15) is 11.1 Å². The first-order chi connectivity index (χ1) is 7.97. The summed E-state index contributed by atoms with van der Waals surface area (Å²) in [6.45, 7) is 3.50. The van der Waals surface area contributed by atoms with Crippen molar-refractivity contribution in [2.75, 3.05) is 5.73 Å². The van der Waals surface area contributed by atoms with E-state index in [9.17, 15) is 8.78 Å². The van der Waals surface area contributed by atoms with Gasteiger partial charge in [-0.3, -0.25) is 0 Å². The van der Waals surface area contributed by atoms with Gasteiger partial charge in [-0.2, -0.15) is 0 Å². The topological polar surface area (TPSA) is 26.0 Å². The van der Waals surface area contributed by atoms with E-state index in [4.69, 9.17) is 5.73 Å². The van der Waals surface area contributed by atoms with Gasteiger partial charge in [-0.25, -0.2) is 8.78 Å². The van der Waals surface area contributed by atoms with Gasteiger partial charge in [0.25, 0.3) is 0 Å². The molecule has 0 aliphatic carbocycles. The minimum atomic E-state index is -0.387. The van der Waals surface area contributed by atoms with Crippen LogP contribution < -0.4 is 5.73 Å². The molecule has 0 aromatic heterocycles. The molecule has 2 rings (SSSR count). The molecule has 0 saturated heterocycles. The van der Waals surface area contributed by atoms with Crippen LogP contribution in [0.4, 0.5) is 14.5 Å². The van der Waals surface area contributed by atoms with Crippen molar-refractivity contribution in [1.29, 1.82) is 0 Å². The number of aryl methyl sites for hydroxylation is 2. The van der Waals surface area contributed by atoms with Gasteiger partial charge in [-0.05, 0) is 54.8 Å². The molecule has 0 unspecified atom stereocenters. The molecule has 1 nitrogen and oxygen atoms in total. The fourth-order valence-electron chi connectivity index (χ4n) is 1.80. The average Bonchev–Trinajstić information content (AvgIpc) is 2.22. The monoisotopic (exact) mass is 233 g/mol. The number of nitrogens with two attached hydrogens (primary N) is 1. The minimum absolute atomic E-state index is 0.329. The molecular weight excluding hydrogens is 220 g/mol. The van der Waals surface area contributed by atoms with Gasteiger partial charge in [-0.15, -0.1) is 0 Å². The highest BCUT2D eigenvalue weighted by molar-refractivity contribution is 5.70. The molecule has 0 heterocycles. The first-order valence-corrected chi connectivity index (χ1v) is 5.30. The van der Waals surface area contributed by atoms with Crippen molar-refractivity contribution in [3.05, 3.63) is 53.1 Å². The molecule has 0 bridgehead atoms. The lowest BCUT2D eigenvalue weighted by molar-refractivity contribution is 0.623. The van der Waals surface area contributed by atoms with Crippen molar-refractivity contribution in [1.82, 2.24) is 0 Å². The van der Waals surface area contributed by atoms with Crippen molar-refractivity contribution in [2.24, 2.45) is 0 Å². The SMILES string of the molecule is Cc1cc(F)cc(-c2cc(N)c(C)cc2F)c1. The number of nitrogen functional groups attached to an aromatic ring is 1. The molecule has 88 valence electrons. The van der Waals surface area contributed by atoms with Crippen LogP contribution in [0.15, 0.2) is 30.3 Å². The molecule has 17 heavy (non-hydrogen) atoms. The normalized spacial score (nSPS) is 10.6. The molecule has 0 radical (unpaired) electrons. The lowest BCUT2D eigenvalue weighted by Crippen LogP contribution is -1.94. The van der Waals surface area contributed by atoms with E-state index in [1.165, 1.54) is 18.2 Å². The van der Waals surface area contributed by atoms with Gasteiger partial charge in [0.05, 0.1) is 0 Å². The van der Waals surface area contributed by atoms with E-state index in [0.29, 0.717) is 22.4 Å². The van der Waals surface area contributed by atoms with Crippen molar-refractivity contribution < 1.29 is 8.78 Å². The number of rotatable bonds is 1. The molecule has 0 amide bonds. The van der Waals surface area contributed by atoms with E-state index in [2.05, 4.69) is 0 Å². The first-order valence-electron chi connectivity index (χ1n) is 5.30. The molecule has 0 aliphatic rings. The van der Waals surface area contributed by atoms with E-state index >= 15 is 0 Å². The highest BCUT2D eigenvalue weighted by atomic mass is 19.1. The van der Waals surface area contributed by atoms with Crippen LogP contribution in [-0.2, 0) is 0 Å². The molecule has 0 spiro atoms. The standard InChI is InChI=1S/C14H13F2N/c1-8-3-10(6-11(15)4-8)12-7-14(17)9(2)5-13(12)16/h3-7H,17H2,1-2H3. The zero-order valence-corrected chi connectivity index (χ0v) is 9.72. The summed E-state index contributed by atoms with van der Waals surface area (Å²) < 4.78 is 27.1. The number of benzene rings is 2. The van der Waals surface area contributed by atoms with Crippen molar-refractivity contribution in [3.63, 3.8) is 0 Å². The number of anilines is 1. The summed E-state index contributed by atoms with van der Waals surface area (Å²) in [5.74, 6) is -0.764. The van der Waals surface area contributed by atoms with Gasteiger partial charge in [0.1, 0.15) is 11.6 Å². The molecule has 2 N–H and O–H groups in total. The maximum atomic E-state index is 13.8. The summed E-state index contributed by atoms with van der Waals surface area (Å²) in [4.78, 5) is 0. The fourth-order valence-corrected chi connectivity index (χ4v) is 1.80. The fraction of sp³-hybridized carbons (Fsp3) is 0.143. The third-order valence-corrected chi connectivity index (χ3v) is 2.71. The molecular formula is C14H13F2N. The zero-order valence-electron chi connectivity index (χ0n) is 9.72. The Labute approximate surface area is 98.9 Å². The first kappa shape index (κ1) is 11.6. The lowest BCUT2D eigenvalue weighted by atomic mass is 10.0. The summed E-state index contributed by atoms with van der Waals surface area (Å²) in [5.41, 5.74) is 8.51. The van der Waals surface area contributed by atoms with Gasteiger partial charge in [-0.1, -0.05) is 6.07 Å². The summed E-state index contributed by atoms with van der Waals surface area (Å²) in [6.07, 6.45) is 0. The van der Waals surface area contributed by atoms with E-state index in [0.717, 1.165) is 5.56 Å². The minimum Gasteiger partial charge on any atom is -0.398 e. The second-order valence-electron chi connectivity index (χ2n) is 4.21. The number of hydrogen-bond donors (Lipinski definition) is 1. The summed E-state index contributed by atoms with van der Waals surface area (Å²) >= 11 is 0. The van der Waals surface area contributed by atoms with Crippen LogP contribution in [-0.4, -0.2) is 0 Å². The number of halogens is 2. The van der Waals surface area contributed by atoms with Crippen LogP contribution in [0.2, 0.25) is 0 Å². The summed E-state index contributed by atoms with van der Waals surface area (Å²) in [7, 11) is 0. The third kappa shape index (κ3) is 2.28. The highest BCUT2D eigenvalue weighted by Gasteiger charge is 2.09. The van der Waals surface area contributed by atoms with Crippen LogP contribution in [0.25, 0.3) is 11.1 Å². The molecule has 0 fully saturated rings. The molecule has 2 aromatic carbocycles. The Bertz CT molecular complexity index is 556. The molecule has 0 saturated carbocycles. The van der Waals surface area contributed by atoms with Gasteiger partial charge in [0, 0.05) is 11.3 Å². The Balaban J connectivity index is 2.64. The smallest absolute Gasteiger partial charge is 0.131 e. The largest absolute Gasteiger partial charge is 0.398 e. The second kappa shape index (κ2) is 4.17. The predicted molar refractivity (Wildman–Crippen MR) is 65.7 cm³/mol. The van der Waals surface area contributed by atoms with Crippen LogP contribution in [0.3, 0.4) is 0 Å². The van der Waals surface area contributed by atoms with Crippen molar-refractivity contribution in [2.45, 2.75) is 13.8 Å². The number of hydrogen-bond acceptors (Lipinski definition) is 1. The van der Waals surface area contributed by atoms with Crippen molar-refractivity contribution >= 4 is 5.69 Å². The Morgan fingerprint density at radius 2 is 1.65 bits per heavy atom. The maximum Gasteiger partial charge on any atom is 0.131 e. The van der Waals surface area contributed by atoms with E-state index in [1.54, 1.807) is 26.0 Å². The highest BCUT2D eigenvalue weighted by Crippen LogP contribution is 2.28. The molecule has 2 aromatic rings. The van der Waals surface area contributed by atoms with E-state index in [-0.39, 0.29) is 11.6 Å². The Morgan fingerprint density at radius 3 is 2.29 bits per heavy atom. The van der Waals surface area contributed by atoms with Crippen molar-refractivity contribution in [3.8, 4) is 11.1 Å². The summed E-state index contributed by atoms with van der Waals surface area (Å²) in [6, 6.07) is 7.35. The van der Waals surface area contributed by atoms with E-state index < -0.39 is 0 Å². The third-order valence-electron chi connectivity index (χ3n) is 2.71. The Kier molecular flexibility index (Phi) is 2.84. The van der Waals surface area contributed by atoms with Crippen LogP contribution in [0, 0.1) is 25.5 Å². The van der Waals surface area contributed by atoms with E-state index in [1.807, 2.05) is 0 Å². The van der Waals surface area contributed by atoms with Gasteiger partial charge in [0.2, 0.25) is 0 Å². The Hall–Kier alpha value is -1.90. The maximum absolute atomic E-state index is 13.8. The zero-order chi connectivity index (χ0) is 12.6. The predicted octanol–water partition coefficient (Wildman–Crippen LogP) is 3.83. The van der Waals surface area contributed by atoms with Gasteiger partial charge < -0.3 is 5.73 Å². The molecule has 3 heteroatoms. The van der Waals surface area contributed by atoms with Crippen LogP contribution >= 0.6 is 0 Å². The quantitative estimate of drug-likeness (QED) is 0.744. The molecule has 0 aliphatic heterocycles. The summed E-state index contributed by atoms with van der Waals surface area (Å²) in [5, 5.41) is 0. The molecule has 0 atom stereocenters. The van der Waals surface area contributed by atoms with Crippen LogP contribution in [0.5, 0.6) is 0 Å². The van der Waals surface area contributed by atoms with Gasteiger partial charge >= 0.3 is 0 Å². The van der Waals surface area contributed by atoms with Gasteiger partial charge in [0.15, 0.2) is 0 Å².